The van der Waals surface area contributed by atoms with Gasteiger partial charge in [0.1, 0.15) is 18.0 Å². The molecule has 1 N–H and O–H groups in total. The Hall–Kier alpha value is -2.82. The number of hydrogen-bond donors (Lipinski definition) is 1. The van der Waals surface area contributed by atoms with Crippen molar-refractivity contribution < 1.29 is 24.2 Å². The van der Waals surface area contributed by atoms with E-state index in [0.717, 1.165) is 11.1 Å². The van der Waals surface area contributed by atoms with Crippen LogP contribution in [0.4, 0.5) is 0 Å². The molecule has 27 heavy (non-hydrogen) atoms. The minimum absolute atomic E-state index is 0.165. The number of carbonyl (C=O) groups excluding carboxylic acids is 1. The summed E-state index contributed by atoms with van der Waals surface area (Å²) in [5.74, 6) is -1.70. The van der Waals surface area contributed by atoms with Crippen molar-refractivity contribution in [3.8, 4) is 5.75 Å². The van der Waals surface area contributed by atoms with Gasteiger partial charge >= 0.3 is 11.9 Å². The summed E-state index contributed by atoms with van der Waals surface area (Å²) in [4.78, 5) is 23.5. The molecule has 5 heteroatoms. The normalized spacial score (nSPS) is 12.3. The second kappa shape index (κ2) is 9.21. The van der Waals surface area contributed by atoms with Crippen molar-refractivity contribution >= 4 is 11.9 Å². The van der Waals surface area contributed by atoms with E-state index in [1.54, 1.807) is 20.8 Å². The molecule has 0 saturated heterocycles. The lowest BCUT2D eigenvalue weighted by molar-refractivity contribution is -0.159. The standard InChI is InChI=1S/C22H26O5/c1-22(2,3)27-20(23)14-18(21(24)25)12-17-10-7-11-19(13-17)26-15-16-8-5-4-6-9-16/h4-11,13,18H,12,14-15H2,1-3H3,(H,24,25)/t18-/m1/s1. The van der Waals surface area contributed by atoms with Gasteiger partial charge in [0.05, 0.1) is 12.3 Å². The van der Waals surface area contributed by atoms with E-state index in [9.17, 15) is 14.7 Å². The first-order chi connectivity index (χ1) is 12.7. The van der Waals surface area contributed by atoms with Gasteiger partial charge in [-0.1, -0.05) is 42.5 Å². The molecule has 0 spiro atoms. The van der Waals surface area contributed by atoms with Gasteiger partial charge in [0.25, 0.3) is 0 Å². The Balaban J connectivity index is 1.99. The summed E-state index contributed by atoms with van der Waals surface area (Å²) in [6, 6.07) is 17.1. The maximum atomic E-state index is 12.0. The molecule has 0 aromatic heterocycles. The number of carbonyl (C=O) groups is 2. The van der Waals surface area contributed by atoms with Crippen LogP contribution in [-0.4, -0.2) is 22.6 Å². The molecule has 0 saturated carbocycles. The second-order valence-corrected chi connectivity index (χ2v) is 7.45. The molecule has 0 unspecified atom stereocenters. The van der Waals surface area contributed by atoms with Gasteiger partial charge in [-0.25, -0.2) is 0 Å². The van der Waals surface area contributed by atoms with E-state index in [0.29, 0.717) is 12.4 Å². The van der Waals surface area contributed by atoms with Crippen molar-refractivity contribution in [1.29, 1.82) is 0 Å². The van der Waals surface area contributed by atoms with Crippen molar-refractivity contribution in [2.75, 3.05) is 0 Å². The van der Waals surface area contributed by atoms with Crippen LogP contribution in [0.2, 0.25) is 0 Å². The second-order valence-electron chi connectivity index (χ2n) is 7.45. The molecule has 0 radical (unpaired) electrons. The first-order valence-corrected chi connectivity index (χ1v) is 8.93. The Bertz CT molecular complexity index is 762. The van der Waals surface area contributed by atoms with E-state index >= 15 is 0 Å². The monoisotopic (exact) mass is 370 g/mol. The first kappa shape index (κ1) is 20.5. The van der Waals surface area contributed by atoms with Crippen LogP contribution in [0, 0.1) is 5.92 Å². The average molecular weight is 370 g/mol. The van der Waals surface area contributed by atoms with E-state index in [2.05, 4.69) is 0 Å². The highest BCUT2D eigenvalue weighted by Gasteiger charge is 2.25. The van der Waals surface area contributed by atoms with Crippen LogP contribution >= 0.6 is 0 Å². The van der Waals surface area contributed by atoms with Crippen LogP contribution in [0.5, 0.6) is 5.75 Å². The third-order valence-corrected chi connectivity index (χ3v) is 3.81. The first-order valence-electron chi connectivity index (χ1n) is 8.93. The summed E-state index contributed by atoms with van der Waals surface area (Å²) in [6.07, 6.45) is 0.0683. The van der Waals surface area contributed by atoms with E-state index in [1.807, 2.05) is 54.6 Å². The van der Waals surface area contributed by atoms with Crippen LogP contribution in [0.1, 0.15) is 38.3 Å². The molecule has 2 rings (SSSR count). The quantitative estimate of drug-likeness (QED) is 0.704. The van der Waals surface area contributed by atoms with Crippen molar-refractivity contribution in [3.05, 3.63) is 65.7 Å². The number of hydrogen-bond acceptors (Lipinski definition) is 4. The predicted molar refractivity (Wildman–Crippen MR) is 103 cm³/mol. The van der Waals surface area contributed by atoms with Crippen molar-refractivity contribution in [2.45, 2.75) is 45.8 Å². The molecule has 0 amide bonds. The highest BCUT2D eigenvalue weighted by atomic mass is 16.6. The Morgan fingerprint density at radius 2 is 1.67 bits per heavy atom. The van der Waals surface area contributed by atoms with Crippen LogP contribution in [0.15, 0.2) is 54.6 Å². The number of rotatable bonds is 8. The summed E-state index contributed by atoms with van der Waals surface area (Å²) in [5.41, 5.74) is 1.22. The van der Waals surface area contributed by atoms with Gasteiger partial charge in [0, 0.05) is 0 Å². The Morgan fingerprint density at radius 1 is 1.00 bits per heavy atom. The van der Waals surface area contributed by atoms with E-state index in [1.165, 1.54) is 0 Å². The van der Waals surface area contributed by atoms with Crippen molar-refractivity contribution in [1.82, 2.24) is 0 Å². The number of aliphatic carboxylic acids is 1. The Kier molecular flexibility index (Phi) is 6.99. The van der Waals surface area contributed by atoms with E-state index in [-0.39, 0.29) is 12.8 Å². The molecule has 1 atom stereocenters. The maximum Gasteiger partial charge on any atom is 0.307 e. The number of esters is 1. The third-order valence-electron chi connectivity index (χ3n) is 3.81. The molecule has 0 aliphatic carbocycles. The molecule has 0 aliphatic rings. The summed E-state index contributed by atoms with van der Waals surface area (Å²) < 4.78 is 11.0. The number of carboxylic acid groups (broad SMARTS) is 1. The molecule has 0 bridgehead atoms. The number of ether oxygens (including phenoxy) is 2. The molecule has 0 fully saturated rings. The average Bonchev–Trinajstić information content (AvgIpc) is 2.59. The maximum absolute atomic E-state index is 12.0. The van der Waals surface area contributed by atoms with Crippen LogP contribution < -0.4 is 4.74 Å². The van der Waals surface area contributed by atoms with Gasteiger partial charge in [-0.05, 0) is 50.5 Å². The molecule has 0 aliphatic heterocycles. The molecule has 0 heterocycles. The van der Waals surface area contributed by atoms with Crippen molar-refractivity contribution in [3.63, 3.8) is 0 Å². The molecule has 2 aromatic carbocycles. The summed E-state index contributed by atoms with van der Waals surface area (Å²) >= 11 is 0. The topological polar surface area (TPSA) is 72.8 Å². The summed E-state index contributed by atoms with van der Waals surface area (Å²) in [6.45, 7) is 5.71. The molecule has 2 aromatic rings. The summed E-state index contributed by atoms with van der Waals surface area (Å²) in [5, 5.41) is 9.46. The minimum Gasteiger partial charge on any atom is -0.489 e. The van der Waals surface area contributed by atoms with Crippen LogP contribution in [0.3, 0.4) is 0 Å². The van der Waals surface area contributed by atoms with Gasteiger partial charge in [0.2, 0.25) is 0 Å². The van der Waals surface area contributed by atoms with Gasteiger partial charge in [0.15, 0.2) is 0 Å². The fourth-order valence-corrected chi connectivity index (χ4v) is 2.62. The fraction of sp³-hybridized carbons (Fsp3) is 0.364. The zero-order valence-electron chi connectivity index (χ0n) is 16.0. The lowest BCUT2D eigenvalue weighted by Crippen LogP contribution is -2.28. The summed E-state index contributed by atoms with van der Waals surface area (Å²) in [7, 11) is 0. The predicted octanol–water partition coefficient (Wildman–Crippen LogP) is 4.24. The zero-order chi connectivity index (χ0) is 19.9. The molecular weight excluding hydrogens is 344 g/mol. The molecular formula is C22H26O5. The Labute approximate surface area is 159 Å². The third kappa shape index (κ3) is 7.52. The number of benzene rings is 2. The van der Waals surface area contributed by atoms with E-state index in [4.69, 9.17) is 9.47 Å². The van der Waals surface area contributed by atoms with Gasteiger partial charge < -0.3 is 14.6 Å². The highest BCUT2D eigenvalue weighted by molar-refractivity contribution is 5.79. The van der Waals surface area contributed by atoms with Gasteiger partial charge in [-0.3, -0.25) is 9.59 Å². The Morgan fingerprint density at radius 3 is 2.30 bits per heavy atom. The van der Waals surface area contributed by atoms with Crippen LogP contribution in [0.25, 0.3) is 0 Å². The zero-order valence-corrected chi connectivity index (χ0v) is 16.0. The largest absolute Gasteiger partial charge is 0.489 e. The van der Waals surface area contributed by atoms with Gasteiger partial charge in [-0.2, -0.15) is 0 Å². The SMILES string of the molecule is CC(C)(C)OC(=O)C[C@@H](Cc1cccc(OCc2ccccc2)c1)C(=O)O. The number of carboxylic acids is 1. The molecule has 5 nitrogen and oxygen atoms in total. The molecule has 144 valence electrons. The smallest absolute Gasteiger partial charge is 0.307 e. The van der Waals surface area contributed by atoms with Gasteiger partial charge in [-0.15, -0.1) is 0 Å². The van der Waals surface area contributed by atoms with Crippen molar-refractivity contribution in [2.24, 2.45) is 5.92 Å². The lowest BCUT2D eigenvalue weighted by atomic mass is 9.96. The lowest BCUT2D eigenvalue weighted by Gasteiger charge is -2.21. The van der Waals surface area contributed by atoms with E-state index < -0.39 is 23.5 Å². The minimum atomic E-state index is -1.02. The van der Waals surface area contributed by atoms with Crippen LogP contribution in [-0.2, 0) is 27.4 Å². The highest BCUT2D eigenvalue weighted by Crippen LogP contribution is 2.21. The fourth-order valence-electron chi connectivity index (χ4n) is 2.62.